The van der Waals surface area contributed by atoms with Gasteiger partial charge >= 0.3 is 6.03 Å². The van der Waals surface area contributed by atoms with E-state index in [-0.39, 0.29) is 36.8 Å². The highest BCUT2D eigenvalue weighted by atomic mass is 19.1. The van der Waals surface area contributed by atoms with Gasteiger partial charge < -0.3 is 15.5 Å². The maximum Gasteiger partial charge on any atom is 0.317 e. The molecule has 0 radical (unpaired) electrons. The van der Waals surface area contributed by atoms with Crippen molar-refractivity contribution in [1.82, 2.24) is 15.5 Å². The monoisotopic (exact) mass is 411 g/mol. The van der Waals surface area contributed by atoms with Crippen LogP contribution in [0.15, 0.2) is 54.6 Å². The first-order valence-corrected chi connectivity index (χ1v) is 10.6. The molecule has 1 aliphatic rings. The maximum absolute atomic E-state index is 13.3. The van der Waals surface area contributed by atoms with E-state index in [2.05, 4.69) is 10.6 Å². The van der Waals surface area contributed by atoms with Gasteiger partial charge in [-0.15, -0.1) is 0 Å². The molecule has 1 aliphatic carbocycles. The van der Waals surface area contributed by atoms with Gasteiger partial charge in [-0.3, -0.25) is 4.79 Å². The Labute approximate surface area is 177 Å². The second kappa shape index (κ2) is 10.8. The fourth-order valence-corrected chi connectivity index (χ4v) is 4.03. The number of halogens is 1. The third-order valence-corrected chi connectivity index (χ3v) is 5.65. The number of hydrogen-bond acceptors (Lipinski definition) is 2. The molecule has 0 aliphatic heterocycles. The lowest BCUT2D eigenvalue weighted by Crippen LogP contribution is -2.39. The van der Waals surface area contributed by atoms with Crippen molar-refractivity contribution in [3.8, 4) is 0 Å². The Balaban J connectivity index is 1.48. The Morgan fingerprint density at radius 1 is 1.07 bits per heavy atom. The van der Waals surface area contributed by atoms with E-state index in [1.165, 1.54) is 12.1 Å². The molecular weight excluding hydrogens is 381 g/mol. The molecule has 1 unspecified atom stereocenters. The van der Waals surface area contributed by atoms with Crippen LogP contribution >= 0.6 is 0 Å². The van der Waals surface area contributed by atoms with Crippen LogP contribution in [0, 0.1) is 11.7 Å². The van der Waals surface area contributed by atoms with E-state index < -0.39 is 0 Å². The summed E-state index contributed by atoms with van der Waals surface area (Å²) in [5.74, 6) is -0.0224. The minimum atomic E-state index is -0.280. The van der Waals surface area contributed by atoms with Gasteiger partial charge in [0.05, 0.1) is 6.04 Å². The number of rotatable bonds is 8. The lowest BCUT2D eigenvalue weighted by Gasteiger charge is -2.25. The Morgan fingerprint density at radius 3 is 2.40 bits per heavy atom. The summed E-state index contributed by atoms with van der Waals surface area (Å²) in [7, 11) is 1.73. The molecule has 0 heterocycles. The van der Waals surface area contributed by atoms with Crippen molar-refractivity contribution in [3.63, 3.8) is 0 Å². The molecular formula is C24H30FN3O2. The van der Waals surface area contributed by atoms with E-state index in [0.29, 0.717) is 12.5 Å². The van der Waals surface area contributed by atoms with Gasteiger partial charge in [-0.1, -0.05) is 55.3 Å². The predicted molar refractivity (Wildman–Crippen MR) is 115 cm³/mol. The van der Waals surface area contributed by atoms with Gasteiger partial charge in [0.1, 0.15) is 5.82 Å². The lowest BCUT2D eigenvalue weighted by molar-refractivity contribution is -0.122. The Kier molecular flexibility index (Phi) is 7.82. The summed E-state index contributed by atoms with van der Waals surface area (Å²) in [4.78, 5) is 26.4. The number of nitrogens with one attached hydrogen (secondary N) is 2. The fraction of sp³-hybridized carbons (Fsp3) is 0.417. The van der Waals surface area contributed by atoms with Crippen LogP contribution in [0.4, 0.5) is 9.18 Å². The number of hydrogen-bond donors (Lipinski definition) is 2. The molecule has 1 atom stereocenters. The molecule has 5 nitrogen and oxygen atoms in total. The Morgan fingerprint density at radius 2 is 1.73 bits per heavy atom. The molecule has 0 spiro atoms. The zero-order valence-corrected chi connectivity index (χ0v) is 17.4. The van der Waals surface area contributed by atoms with Crippen LogP contribution in [-0.2, 0) is 11.3 Å². The van der Waals surface area contributed by atoms with Crippen molar-refractivity contribution < 1.29 is 14.0 Å². The lowest BCUT2D eigenvalue weighted by atomic mass is 9.91. The van der Waals surface area contributed by atoms with Crippen LogP contribution in [0.25, 0.3) is 0 Å². The van der Waals surface area contributed by atoms with Gasteiger partial charge in [0.25, 0.3) is 0 Å². The maximum atomic E-state index is 13.3. The minimum Gasteiger partial charge on any atom is -0.349 e. The molecule has 0 saturated heterocycles. The normalized spacial score (nSPS) is 14.9. The average molecular weight is 412 g/mol. The van der Waals surface area contributed by atoms with Gasteiger partial charge in [0.15, 0.2) is 0 Å². The van der Waals surface area contributed by atoms with E-state index in [0.717, 1.165) is 36.8 Å². The molecule has 30 heavy (non-hydrogen) atoms. The molecule has 2 N–H and O–H groups in total. The van der Waals surface area contributed by atoms with Crippen molar-refractivity contribution in [2.24, 2.45) is 5.92 Å². The average Bonchev–Trinajstić information content (AvgIpc) is 3.28. The standard InChI is InChI=1S/C24H30FN3O2/c1-28(17-18-7-3-2-4-8-18)24(30)26-16-15-22(29)27-23(19-9-5-6-10-19)20-11-13-21(25)14-12-20/h2-4,7-8,11-14,19,23H,5-6,9-10,15-17H2,1H3,(H,26,30)(H,27,29). The largest absolute Gasteiger partial charge is 0.349 e. The van der Waals surface area contributed by atoms with Gasteiger partial charge in [-0.05, 0) is 42.0 Å². The van der Waals surface area contributed by atoms with Crippen LogP contribution < -0.4 is 10.6 Å². The van der Waals surface area contributed by atoms with Crippen LogP contribution in [0.3, 0.4) is 0 Å². The first-order chi connectivity index (χ1) is 14.5. The van der Waals surface area contributed by atoms with E-state index in [1.807, 2.05) is 30.3 Å². The van der Waals surface area contributed by atoms with Crippen molar-refractivity contribution in [1.29, 1.82) is 0 Å². The summed E-state index contributed by atoms with van der Waals surface area (Å²) in [5, 5.41) is 5.91. The summed E-state index contributed by atoms with van der Waals surface area (Å²) in [5.41, 5.74) is 1.98. The zero-order chi connectivity index (χ0) is 21.3. The second-order valence-electron chi connectivity index (χ2n) is 7.96. The SMILES string of the molecule is CN(Cc1ccccc1)C(=O)NCCC(=O)NC(c1ccc(F)cc1)C1CCCC1. The zero-order valence-electron chi connectivity index (χ0n) is 17.4. The number of nitrogens with zero attached hydrogens (tertiary/aromatic N) is 1. The van der Waals surface area contributed by atoms with Crippen molar-refractivity contribution >= 4 is 11.9 Å². The molecule has 2 aromatic carbocycles. The van der Waals surface area contributed by atoms with E-state index >= 15 is 0 Å². The van der Waals surface area contributed by atoms with Crippen LogP contribution in [0.2, 0.25) is 0 Å². The predicted octanol–water partition coefficient (Wildman–Crippen LogP) is 4.40. The molecule has 160 valence electrons. The molecule has 3 amide bonds. The third-order valence-electron chi connectivity index (χ3n) is 5.65. The molecule has 0 aromatic heterocycles. The van der Waals surface area contributed by atoms with Crippen molar-refractivity contribution in [2.45, 2.75) is 44.7 Å². The van der Waals surface area contributed by atoms with Gasteiger partial charge in [-0.2, -0.15) is 0 Å². The van der Waals surface area contributed by atoms with E-state index in [9.17, 15) is 14.0 Å². The number of carbonyl (C=O) groups is 2. The van der Waals surface area contributed by atoms with Crippen LogP contribution in [-0.4, -0.2) is 30.4 Å². The quantitative estimate of drug-likeness (QED) is 0.676. The highest BCUT2D eigenvalue weighted by Gasteiger charge is 2.27. The second-order valence-corrected chi connectivity index (χ2v) is 7.96. The van der Waals surface area contributed by atoms with Gasteiger partial charge in [0.2, 0.25) is 5.91 Å². The first-order valence-electron chi connectivity index (χ1n) is 10.6. The Hall–Kier alpha value is -2.89. The van der Waals surface area contributed by atoms with Crippen molar-refractivity contribution in [3.05, 3.63) is 71.5 Å². The highest BCUT2D eigenvalue weighted by Crippen LogP contribution is 2.35. The van der Waals surface area contributed by atoms with E-state index in [4.69, 9.17) is 0 Å². The fourth-order valence-electron chi connectivity index (χ4n) is 4.03. The summed E-state index contributed by atoms with van der Waals surface area (Å²) < 4.78 is 13.3. The topological polar surface area (TPSA) is 61.4 Å². The number of amides is 3. The number of carbonyl (C=O) groups excluding carboxylic acids is 2. The highest BCUT2D eigenvalue weighted by molar-refractivity contribution is 5.78. The number of benzene rings is 2. The van der Waals surface area contributed by atoms with Crippen LogP contribution in [0.5, 0.6) is 0 Å². The van der Waals surface area contributed by atoms with E-state index in [1.54, 1.807) is 24.1 Å². The van der Waals surface area contributed by atoms with Crippen molar-refractivity contribution in [2.75, 3.05) is 13.6 Å². The molecule has 1 fully saturated rings. The summed E-state index contributed by atoms with van der Waals surface area (Å²) in [6, 6.07) is 15.8. The summed E-state index contributed by atoms with van der Waals surface area (Å²) in [6.07, 6.45) is 4.63. The smallest absolute Gasteiger partial charge is 0.317 e. The Bertz CT molecular complexity index is 820. The molecule has 1 saturated carbocycles. The molecule has 2 aromatic rings. The first kappa shape index (κ1) is 21.8. The van der Waals surface area contributed by atoms with Gasteiger partial charge in [-0.25, -0.2) is 9.18 Å². The number of urea groups is 1. The summed E-state index contributed by atoms with van der Waals surface area (Å²) in [6.45, 7) is 0.776. The van der Waals surface area contributed by atoms with Crippen LogP contribution in [0.1, 0.15) is 49.3 Å². The molecule has 3 rings (SSSR count). The van der Waals surface area contributed by atoms with Gasteiger partial charge in [0, 0.05) is 26.6 Å². The molecule has 0 bridgehead atoms. The third kappa shape index (κ3) is 6.31. The minimum absolute atomic E-state index is 0.109. The summed E-state index contributed by atoms with van der Waals surface area (Å²) >= 11 is 0. The molecule has 6 heteroatoms.